The Kier molecular flexibility index (Phi) is 4.45. The molecule has 2 aromatic carbocycles. The monoisotopic (exact) mass is 366 g/mol. The molecule has 4 rings (SSSR count). The van der Waals surface area contributed by atoms with E-state index >= 15 is 0 Å². The van der Waals surface area contributed by atoms with Gasteiger partial charge in [0.1, 0.15) is 5.82 Å². The summed E-state index contributed by atoms with van der Waals surface area (Å²) in [6, 6.07) is 13.8. The largest absolute Gasteiger partial charge is 0.339 e. The number of hydrogen-bond acceptors (Lipinski definition) is 5. The van der Waals surface area contributed by atoms with Gasteiger partial charge in [-0.1, -0.05) is 41.6 Å². The van der Waals surface area contributed by atoms with E-state index in [4.69, 9.17) is 10.3 Å². The van der Waals surface area contributed by atoms with Crippen LogP contribution in [0.5, 0.6) is 0 Å². The molecule has 27 heavy (non-hydrogen) atoms. The van der Waals surface area contributed by atoms with Gasteiger partial charge in [-0.05, 0) is 30.2 Å². The second-order valence-corrected chi connectivity index (χ2v) is 6.74. The zero-order valence-electron chi connectivity index (χ0n) is 14.8. The van der Waals surface area contributed by atoms with E-state index in [0.29, 0.717) is 18.3 Å². The van der Waals surface area contributed by atoms with Crippen LogP contribution in [-0.4, -0.2) is 22.6 Å². The first kappa shape index (κ1) is 17.4. The topological polar surface area (TPSA) is 85.2 Å². The van der Waals surface area contributed by atoms with E-state index in [1.807, 2.05) is 30.3 Å². The van der Waals surface area contributed by atoms with Crippen molar-refractivity contribution in [2.45, 2.75) is 25.3 Å². The summed E-state index contributed by atoms with van der Waals surface area (Å²) >= 11 is 0. The summed E-state index contributed by atoms with van der Waals surface area (Å²) in [5.41, 5.74) is 8.14. The molecule has 3 aromatic rings. The molecule has 1 fully saturated rings. The molecule has 2 heterocycles. The van der Waals surface area contributed by atoms with Crippen molar-refractivity contribution >= 4 is 11.6 Å². The molecule has 138 valence electrons. The smallest absolute Gasteiger partial charge is 0.232 e. The second-order valence-electron chi connectivity index (χ2n) is 6.74. The van der Waals surface area contributed by atoms with Crippen LogP contribution in [0.15, 0.2) is 53.1 Å². The van der Waals surface area contributed by atoms with Gasteiger partial charge < -0.3 is 15.2 Å². The van der Waals surface area contributed by atoms with Crippen molar-refractivity contribution in [3.63, 3.8) is 0 Å². The molecule has 2 atom stereocenters. The molecule has 1 amide bonds. The van der Waals surface area contributed by atoms with E-state index in [9.17, 15) is 9.18 Å². The highest BCUT2D eigenvalue weighted by Gasteiger charge is 2.36. The van der Waals surface area contributed by atoms with E-state index in [0.717, 1.165) is 11.1 Å². The Balaban J connectivity index is 1.54. The number of aromatic nitrogens is 2. The standard InChI is InChI=1S/C20H19FN4O2/c1-12-7-8-16(15(21)9-12)25-11-14(10-17(25)26)20-23-19(24-27-20)18(22)13-5-3-2-4-6-13/h2-9,14,18H,10-11,22H2,1H3. The number of halogens is 1. The summed E-state index contributed by atoms with van der Waals surface area (Å²) in [6.07, 6.45) is 0.190. The first-order valence-electron chi connectivity index (χ1n) is 8.73. The molecule has 1 saturated heterocycles. The number of nitrogens with zero attached hydrogens (tertiary/aromatic N) is 3. The molecule has 7 heteroatoms. The van der Waals surface area contributed by atoms with Crippen LogP contribution in [0.1, 0.15) is 41.2 Å². The molecule has 6 nitrogen and oxygen atoms in total. The number of amides is 1. The molecular formula is C20H19FN4O2. The van der Waals surface area contributed by atoms with Gasteiger partial charge in [-0.25, -0.2) is 4.39 Å². The summed E-state index contributed by atoms with van der Waals surface area (Å²) in [5, 5.41) is 3.97. The summed E-state index contributed by atoms with van der Waals surface area (Å²) in [6.45, 7) is 2.10. The van der Waals surface area contributed by atoms with E-state index in [2.05, 4.69) is 10.1 Å². The van der Waals surface area contributed by atoms with Crippen LogP contribution in [0.4, 0.5) is 10.1 Å². The van der Waals surface area contributed by atoms with E-state index in [1.165, 1.54) is 11.0 Å². The number of aryl methyl sites for hydroxylation is 1. The average Bonchev–Trinajstić information content (AvgIpc) is 3.29. The highest BCUT2D eigenvalue weighted by molar-refractivity contribution is 5.96. The lowest BCUT2D eigenvalue weighted by atomic mass is 10.1. The van der Waals surface area contributed by atoms with Crippen LogP contribution >= 0.6 is 0 Å². The van der Waals surface area contributed by atoms with Crippen molar-refractivity contribution in [1.82, 2.24) is 10.1 Å². The first-order chi connectivity index (χ1) is 13.0. The van der Waals surface area contributed by atoms with E-state index in [1.54, 1.807) is 19.1 Å². The summed E-state index contributed by atoms with van der Waals surface area (Å²) in [5.74, 6) is -0.165. The maximum Gasteiger partial charge on any atom is 0.232 e. The third kappa shape index (κ3) is 3.33. The maximum absolute atomic E-state index is 14.2. The highest BCUT2D eigenvalue weighted by Crippen LogP contribution is 2.33. The fourth-order valence-corrected chi connectivity index (χ4v) is 3.29. The van der Waals surface area contributed by atoms with Gasteiger partial charge in [0.2, 0.25) is 11.8 Å². The number of nitrogens with two attached hydrogens (primary N) is 1. The van der Waals surface area contributed by atoms with Crippen LogP contribution in [0.2, 0.25) is 0 Å². The van der Waals surface area contributed by atoms with Gasteiger partial charge in [0.15, 0.2) is 5.82 Å². The molecule has 2 unspecified atom stereocenters. The Morgan fingerprint density at radius 3 is 2.78 bits per heavy atom. The molecule has 0 radical (unpaired) electrons. The van der Waals surface area contributed by atoms with Gasteiger partial charge in [0, 0.05) is 13.0 Å². The summed E-state index contributed by atoms with van der Waals surface area (Å²) in [4.78, 5) is 18.2. The van der Waals surface area contributed by atoms with Gasteiger partial charge in [-0.3, -0.25) is 4.79 Å². The Labute approximate surface area is 155 Å². The fraction of sp³-hybridized carbons (Fsp3) is 0.250. The minimum atomic E-state index is -0.508. The quantitative estimate of drug-likeness (QED) is 0.767. The molecular weight excluding hydrogens is 347 g/mol. The van der Waals surface area contributed by atoms with Crippen molar-refractivity contribution in [2.24, 2.45) is 5.73 Å². The lowest BCUT2D eigenvalue weighted by Gasteiger charge is -2.17. The molecule has 2 N–H and O–H groups in total. The molecule has 1 aromatic heterocycles. The number of carbonyl (C=O) groups is 1. The number of benzene rings is 2. The van der Waals surface area contributed by atoms with Crippen molar-refractivity contribution in [3.05, 3.63) is 77.2 Å². The zero-order valence-corrected chi connectivity index (χ0v) is 14.8. The molecule has 1 aliphatic heterocycles. The van der Waals surface area contributed by atoms with Crippen LogP contribution in [0, 0.1) is 12.7 Å². The van der Waals surface area contributed by atoms with Crippen LogP contribution < -0.4 is 10.6 Å². The van der Waals surface area contributed by atoms with Crippen molar-refractivity contribution < 1.29 is 13.7 Å². The van der Waals surface area contributed by atoms with Gasteiger partial charge in [0.05, 0.1) is 17.6 Å². The number of anilines is 1. The normalized spacial score (nSPS) is 18.1. The minimum Gasteiger partial charge on any atom is -0.339 e. The highest BCUT2D eigenvalue weighted by atomic mass is 19.1. The van der Waals surface area contributed by atoms with Gasteiger partial charge >= 0.3 is 0 Å². The Bertz CT molecular complexity index is 973. The molecule has 0 aliphatic carbocycles. The third-order valence-corrected chi connectivity index (χ3v) is 4.76. The zero-order chi connectivity index (χ0) is 19.0. The predicted octanol–water partition coefficient (Wildman–Crippen LogP) is 3.09. The van der Waals surface area contributed by atoms with Crippen LogP contribution in [0.25, 0.3) is 0 Å². The SMILES string of the molecule is Cc1ccc(N2CC(c3nc(C(N)c4ccccc4)no3)CC2=O)c(F)c1. The van der Waals surface area contributed by atoms with Crippen LogP contribution in [0.3, 0.4) is 0 Å². The van der Waals surface area contributed by atoms with Gasteiger partial charge in [0.25, 0.3) is 0 Å². The first-order valence-corrected chi connectivity index (χ1v) is 8.73. The van der Waals surface area contributed by atoms with Gasteiger partial charge in [-0.2, -0.15) is 4.98 Å². The minimum absolute atomic E-state index is 0.171. The number of carbonyl (C=O) groups excluding carboxylic acids is 1. The third-order valence-electron chi connectivity index (χ3n) is 4.76. The fourth-order valence-electron chi connectivity index (χ4n) is 3.29. The van der Waals surface area contributed by atoms with E-state index < -0.39 is 11.9 Å². The molecule has 1 aliphatic rings. The van der Waals surface area contributed by atoms with Crippen molar-refractivity contribution in [3.8, 4) is 0 Å². The lowest BCUT2D eigenvalue weighted by Crippen LogP contribution is -2.25. The predicted molar refractivity (Wildman–Crippen MR) is 97.6 cm³/mol. The van der Waals surface area contributed by atoms with Gasteiger partial charge in [-0.15, -0.1) is 0 Å². The Morgan fingerprint density at radius 1 is 1.26 bits per heavy atom. The Hall–Kier alpha value is -3.06. The lowest BCUT2D eigenvalue weighted by molar-refractivity contribution is -0.117. The maximum atomic E-state index is 14.2. The van der Waals surface area contributed by atoms with Crippen molar-refractivity contribution in [1.29, 1.82) is 0 Å². The van der Waals surface area contributed by atoms with Crippen molar-refractivity contribution in [2.75, 3.05) is 11.4 Å². The summed E-state index contributed by atoms with van der Waals surface area (Å²) < 4.78 is 19.6. The molecule has 0 bridgehead atoms. The summed E-state index contributed by atoms with van der Waals surface area (Å²) in [7, 11) is 0. The average molecular weight is 366 g/mol. The van der Waals surface area contributed by atoms with Crippen LogP contribution in [-0.2, 0) is 4.79 Å². The van der Waals surface area contributed by atoms with E-state index in [-0.39, 0.29) is 23.9 Å². The molecule has 0 saturated carbocycles. The number of rotatable bonds is 4. The Morgan fingerprint density at radius 2 is 2.04 bits per heavy atom. The second kappa shape index (κ2) is 6.92. The molecule has 0 spiro atoms. The number of hydrogen-bond donors (Lipinski definition) is 1.